The number of aliphatic hydroxyl groups excluding tert-OH is 4. The Morgan fingerprint density at radius 3 is 2.54 bits per heavy atom. The van der Waals surface area contributed by atoms with Crippen molar-refractivity contribution in [2.24, 2.45) is 23.7 Å². The number of fused-ring (bicyclic) bond motifs is 9. The number of hydrogen-bond acceptors (Lipinski definition) is 11. The first-order valence-corrected chi connectivity index (χ1v) is 20.2. The van der Waals surface area contributed by atoms with Crippen LogP contribution in [0, 0.1) is 35.7 Å². The van der Waals surface area contributed by atoms with Gasteiger partial charge in [0.15, 0.2) is 5.60 Å². The fourth-order valence-corrected chi connectivity index (χ4v) is 9.48. The molecule has 0 radical (unpaired) electrons. The van der Waals surface area contributed by atoms with Crippen molar-refractivity contribution in [3.8, 4) is 17.8 Å². The molecule has 1 saturated heterocycles. The first-order chi connectivity index (χ1) is 27.4. The van der Waals surface area contributed by atoms with Crippen LogP contribution in [0.25, 0.3) is 0 Å². The number of ether oxygens (including phenoxy) is 4. The van der Waals surface area contributed by atoms with Gasteiger partial charge >= 0.3 is 5.97 Å². The molecule has 0 spiro atoms. The summed E-state index contributed by atoms with van der Waals surface area (Å²) in [5, 5.41) is 79.2. The molecule has 12 heteroatoms. The molecule has 3 heterocycles. The lowest BCUT2D eigenvalue weighted by Crippen LogP contribution is -2.70. The Labute approximate surface area is 334 Å². The quantitative estimate of drug-likeness (QED) is 0.0787. The predicted octanol–water partition coefficient (Wildman–Crippen LogP) is 3.71. The first kappa shape index (κ1) is 42.8. The molecule has 7 rings (SSSR count). The van der Waals surface area contributed by atoms with Crippen LogP contribution in [-0.4, -0.2) is 110 Å². The van der Waals surface area contributed by atoms with Gasteiger partial charge in [-0.05, 0) is 123 Å². The van der Waals surface area contributed by atoms with Crippen LogP contribution >= 0.6 is 0 Å². The molecule has 1 saturated carbocycles. The van der Waals surface area contributed by atoms with E-state index in [4.69, 9.17) is 18.9 Å². The van der Waals surface area contributed by atoms with Crippen LogP contribution in [0.4, 0.5) is 0 Å². The highest BCUT2D eigenvalue weighted by Crippen LogP contribution is 2.51. The third kappa shape index (κ3) is 9.75. The van der Waals surface area contributed by atoms with E-state index in [-0.39, 0.29) is 49.7 Å². The number of rotatable bonds is 15. The zero-order chi connectivity index (χ0) is 40.7. The molecular weight excluding hydrogens is 732 g/mol. The number of carboxylic acid groups (broad SMARTS) is 1. The summed E-state index contributed by atoms with van der Waals surface area (Å²) in [4.78, 5) is 11.3. The van der Waals surface area contributed by atoms with E-state index in [2.05, 4.69) is 18.6 Å². The molecule has 0 amide bonds. The van der Waals surface area contributed by atoms with E-state index in [0.29, 0.717) is 44.5 Å². The van der Waals surface area contributed by atoms with Crippen molar-refractivity contribution in [1.29, 1.82) is 0 Å². The van der Waals surface area contributed by atoms with Gasteiger partial charge in [0.1, 0.15) is 36.3 Å². The maximum absolute atomic E-state index is 12.7. The van der Waals surface area contributed by atoms with Crippen LogP contribution in [0.5, 0.6) is 5.75 Å². The van der Waals surface area contributed by atoms with Crippen molar-refractivity contribution in [1.82, 2.24) is 0 Å². The standard InChI is InChI=1S/C45H58O12/c1-3-7-30-16-18-35(24-32(30)8-5-20-54-2)56-43-45(53)27-36(37(47)9-6-21-55-38(10-4-19-46)40(57-43)39(48)41(45)49)33-15-17-34-23-29(25-44(34,52)26-33)22-28-11-13-31(14-12-28)42(50)51/h3,11-18,24,29,33-34,36-41,43,46-49,52-53H,1,4-5,7-10,19-20,22-23,25-27H2,2H3,(H,50,51). The molecule has 2 aromatic rings. The van der Waals surface area contributed by atoms with E-state index in [1.807, 2.05) is 42.5 Å². The van der Waals surface area contributed by atoms with Crippen molar-refractivity contribution < 1.29 is 59.5 Å². The van der Waals surface area contributed by atoms with Gasteiger partial charge in [-0.1, -0.05) is 42.3 Å². The second-order valence-electron chi connectivity index (χ2n) is 16.4. The number of aromatic carboxylic acids is 1. The van der Waals surface area contributed by atoms with Gasteiger partial charge in [-0.3, -0.25) is 0 Å². The molecular formula is C45H58O12. The van der Waals surface area contributed by atoms with Gasteiger partial charge in [0.25, 0.3) is 0 Å². The summed E-state index contributed by atoms with van der Waals surface area (Å²) in [6, 6.07) is 12.3. The Hall–Kier alpha value is -3.77. The molecule has 12 unspecified atom stereocenters. The number of benzene rings is 2. The highest BCUT2D eigenvalue weighted by atomic mass is 16.7. The molecule has 2 aliphatic carbocycles. The SMILES string of the molecule is C=CCc1ccc(OC2OC3C(CCCO)OC#CCC(O)C(C4C=CC5CC(Cc6ccc(C(=O)O)cc6)CC5(O)C4)CC2(O)C(O)C3O)cc1CCCOC. The molecule has 2 fully saturated rings. The van der Waals surface area contributed by atoms with Gasteiger partial charge in [0.2, 0.25) is 6.29 Å². The third-order valence-electron chi connectivity index (χ3n) is 12.5. The number of allylic oxidation sites excluding steroid dienone is 2. The minimum absolute atomic E-state index is 0.0279. The number of carboxylic acids is 1. The van der Waals surface area contributed by atoms with Gasteiger partial charge in [-0.25, -0.2) is 4.79 Å². The first-order valence-electron chi connectivity index (χ1n) is 20.2. The minimum Gasteiger partial charge on any atom is -0.478 e. The molecule has 12 nitrogen and oxygen atoms in total. The Morgan fingerprint density at radius 1 is 1.04 bits per heavy atom. The molecule has 2 aromatic carbocycles. The lowest BCUT2D eigenvalue weighted by molar-refractivity contribution is -0.334. The van der Waals surface area contributed by atoms with E-state index in [1.165, 1.54) is 0 Å². The van der Waals surface area contributed by atoms with Crippen molar-refractivity contribution in [3.63, 3.8) is 0 Å². The second kappa shape index (κ2) is 18.9. The molecule has 310 valence electrons. The number of aryl methyl sites for hydroxylation is 1. The van der Waals surface area contributed by atoms with Crippen molar-refractivity contribution in [2.45, 2.75) is 119 Å². The summed E-state index contributed by atoms with van der Waals surface area (Å²) in [6.45, 7) is 4.29. The molecule has 5 aliphatic rings. The third-order valence-corrected chi connectivity index (χ3v) is 12.5. The second-order valence-corrected chi connectivity index (χ2v) is 16.4. The van der Waals surface area contributed by atoms with Gasteiger partial charge in [0.05, 0.1) is 17.3 Å². The maximum Gasteiger partial charge on any atom is 0.335 e. The predicted molar refractivity (Wildman–Crippen MR) is 210 cm³/mol. The average Bonchev–Trinajstić information content (AvgIpc) is 3.52. The molecule has 3 aliphatic heterocycles. The van der Waals surface area contributed by atoms with Crippen LogP contribution < -0.4 is 4.74 Å². The average molecular weight is 791 g/mol. The minimum atomic E-state index is -2.25. The van der Waals surface area contributed by atoms with Crippen molar-refractivity contribution in [3.05, 3.63) is 89.5 Å². The van der Waals surface area contributed by atoms with Crippen LogP contribution in [0.1, 0.15) is 78.4 Å². The topological polar surface area (TPSA) is 196 Å². The summed E-state index contributed by atoms with van der Waals surface area (Å²) >= 11 is 0. The number of hydrogen-bond donors (Lipinski definition) is 7. The van der Waals surface area contributed by atoms with E-state index >= 15 is 0 Å². The molecule has 2 bridgehead atoms. The van der Waals surface area contributed by atoms with Crippen LogP contribution in [0.15, 0.2) is 67.3 Å². The fourth-order valence-electron chi connectivity index (χ4n) is 9.48. The summed E-state index contributed by atoms with van der Waals surface area (Å²) in [7, 11) is 1.65. The molecule has 7 N–H and O–H groups in total. The Bertz CT molecular complexity index is 1770. The number of carbonyl (C=O) groups is 1. The molecule has 0 aromatic heterocycles. The summed E-state index contributed by atoms with van der Waals surface area (Å²) in [6.07, 6.45) is 4.65. The van der Waals surface area contributed by atoms with Crippen LogP contribution in [-0.2, 0) is 33.5 Å². The van der Waals surface area contributed by atoms with Gasteiger partial charge in [0, 0.05) is 32.7 Å². The highest BCUT2D eigenvalue weighted by molar-refractivity contribution is 5.87. The van der Waals surface area contributed by atoms with Gasteiger partial charge < -0.3 is 54.7 Å². The normalized spacial score (nSPS) is 34.9. The Balaban J connectivity index is 1.30. The zero-order valence-electron chi connectivity index (χ0n) is 32.6. The van der Waals surface area contributed by atoms with E-state index in [1.54, 1.807) is 25.3 Å². The molecule has 57 heavy (non-hydrogen) atoms. The lowest BCUT2D eigenvalue weighted by atomic mass is 9.67. The fraction of sp³-hybridized carbons (Fsp3) is 0.578. The van der Waals surface area contributed by atoms with Crippen LogP contribution in [0.2, 0.25) is 0 Å². The number of aliphatic hydroxyl groups is 6. The smallest absolute Gasteiger partial charge is 0.335 e. The molecule has 12 atom stereocenters. The maximum atomic E-state index is 12.7. The zero-order valence-corrected chi connectivity index (χ0v) is 32.6. The van der Waals surface area contributed by atoms with E-state index in [0.717, 1.165) is 29.5 Å². The van der Waals surface area contributed by atoms with E-state index < -0.39 is 65.8 Å². The number of methoxy groups -OCH3 is 1. The summed E-state index contributed by atoms with van der Waals surface area (Å²) < 4.78 is 24.0. The van der Waals surface area contributed by atoms with E-state index in [9.17, 15) is 40.5 Å². The highest BCUT2D eigenvalue weighted by Gasteiger charge is 2.60. The largest absolute Gasteiger partial charge is 0.478 e. The summed E-state index contributed by atoms with van der Waals surface area (Å²) in [5.41, 5.74) is -0.124. The van der Waals surface area contributed by atoms with Crippen LogP contribution in [0.3, 0.4) is 0 Å². The van der Waals surface area contributed by atoms with Crippen molar-refractivity contribution >= 4 is 5.97 Å². The van der Waals surface area contributed by atoms with Crippen molar-refractivity contribution in [2.75, 3.05) is 20.3 Å². The van der Waals surface area contributed by atoms with Gasteiger partial charge in [-0.2, -0.15) is 0 Å². The lowest BCUT2D eigenvalue weighted by Gasteiger charge is -2.51. The monoisotopic (exact) mass is 790 g/mol. The summed E-state index contributed by atoms with van der Waals surface area (Å²) in [5.74, 6) is 1.01. The van der Waals surface area contributed by atoms with Gasteiger partial charge in [-0.15, -0.1) is 6.58 Å². The Morgan fingerprint density at radius 2 is 1.82 bits per heavy atom. The Kier molecular flexibility index (Phi) is 14.2.